The minimum absolute atomic E-state index is 0.0187. The molecule has 1 aromatic carbocycles. The minimum atomic E-state index is -3.00. The minimum Gasteiger partial charge on any atom is -0.497 e. The van der Waals surface area contributed by atoms with Crippen molar-refractivity contribution in [2.75, 3.05) is 18.6 Å². The number of nitrogens with one attached hydrogen (secondary N) is 1. The van der Waals surface area contributed by atoms with Crippen molar-refractivity contribution in [3.63, 3.8) is 0 Å². The first-order chi connectivity index (χ1) is 11.9. The molecule has 132 valence electrons. The Balaban J connectivity index is 1.60. The summed E-state index contributed by atoms with van der Waals surface area (Å²) in [5, 5.41) is 5.43. The Morgan fingerprint density at radius 3 is 2.76 bits per heavy atom. The van der Waals surface area contributed by atoms with Gasteiger partial charge in [0.25, 0.3) is 0 Å². The zero-order valence-electron chi connectivity index (χ0n) is 13.6. The van der Waals surface area contributed by atoms with Crippen LogP contribution in [0.15, 0.2) is 35.7 Å². The average molecular weight is 378 g/mol. The van der Waals surface area contributed by atoms with Gasteiger partial charge in [-0.25, -0.2) is 13.4 Å². The van der Waals surface area contributed by atoms with Gasteiger partial charge in [-0.1, -0.05) is 0 Å². The molecule has 0 saturated carbocycles. The van der Waals surface area contributed by atoms with E-state index in [1.807, 2.05) is 29.6 Å². The highest BCUT2D eigenvalue weighted by molar-refractivity contribution is 7.91. The summed E-state index contributed by atoms with van der Waals surface area (Å²) in [7, 11) is -1.38. The molecular formula is C17H18N2O4S2. The van der Waals surface area contributed by atoms with Gasteiger partial charge in [0.05, 0.1) is 24.3 Å². The third kappa shape index (κ3) is 4.67. The fraction of sp³-hybridized carbons (Fsp3) is 0.294. The summed E-state index contributed by atoms with van der Waals surface area (Å²) in [5.41, 5.74) is 1.66. The lowest BCUT2D eigenvalue weighted by molar-refractivity contribution is -0.116. The van der Waals surface area contributed by atoms with Gasteiger partial charge in [0, 0.05) is 23.1 Å². The molecule has 1 unspecified atom stereocenters. The number of aromatic nitrogens is 1. The summed E-state index contributed by atoms with van der Waals surface area (Å²) in [5.74, 6) is 0.635. The standard InChI is InChI=1S/C17H18N2O4S2/c1-23-15-5-2-12(3-6-15)17-19-13(10-24-17)4-7-16(20)18-14-8-9-25(21,22)11-14/h2-7,10,14H,8-9,11H2,1H3,(H,18,20)/b7-4+. The van der Waals surface area contributed by atoms with E-state index in [-0.39, 0.29) is 23.5 Å². The number of ether oxygens (including phenoxy) is 1. The third-order valence-electron chi connectivity index (χ3n) is 3.84. The Morgan fingerprint density at radius 2 is 2.12 bits per heavy atom. The molecule has 6 nitrogen and oxygen atoms in total. The molecule has 1 saturated heterocycles. The molecule has 25 heavy (non-hydrogen) atoms. The molecule has 1 aromatic heterocycles. The summed E-state index contributed by atoms with van der Waals surface area (Å²) in [6.07, 6.45) is 3.49. The number of carbonyl (C=O) groups excluding carboxylic acids is 1. The van der Waals surface area contributed by atoms with E-state index in [2.05, 4.69) is 10.3 Å². The molecule has 1 aliphatic heterocycles. The summed E-state index contributed by atoms with van der Waals surface area (Å²) in [6, 6.07) is 7.30. The first-order valence-corrected chi connectivity index (χ1v) is 10.4. The SMILES string of the molecule is COc1ccc(-c2nc(/C=C/C(=O)NC3CCS(=O)(=O)C3)cs2)cc1. The largest absolute Gasteiger partial charge is 0.497 e. The van der Waals surface area contributed by atoms with Crippen molar-refractivity contribution in [2.24, 2.45) is 0 Å². The van der Waals surface area contributed by atoms with Crippen molar-refractivity contribution >= 4 is 33.2 Å². The van der Waals surface area contributed by atoms with Gasteiger partial charge < -0.3 is 10.1 Å². The van der Waals surface area contributed by atoms with Gasteiger partial charge in [-0.2, -0.15) is 0 Å². The van der Waals surface area contributed by atoms with Crippen LogP contribution in [0.2, 0.25) is 0 Å². The number of benzene rings is 1. The van der Waals surface area contributed by atoms with E-state index in [0.29, 0.717) is 12.1 Å². The third-order valence-corrected chi connectivity index (χ3v) is 6.52. The molecule has 0 bridgehead atoms. The van der Waals surface area contributed by atoms with Crippen LogP contribution >= 0.6 is 11.3 Å². The number of amides is 1. The lowest BCUT2D eigenvalue weighted by Crippen LogP contribution is -2.34. The molecule has 1 fully saturated rings. The first-order valence-electron chi connectivity index (χ1n) is 7.74. The summed E-state index contributed by atoms with van der Waals surface area (Å²) >= 11 is 1.49. The Morgan fingerprint density at radius 1 is 1.36 bits per heavy atom. The number of sulfone groups is 1. The van der Waals surface area contributed by atoms with Crippen molar-refractivity contribution in [3.8, 4) is 16.3 Å². The van der Waals surface area contributed by atoms with Crippen LogP contribution in [0, 0.1) is 0 Å². The van der Waals surface area contributed by atoms with Gasteiger partial charge in [-0.05, 0) is 36.8 Å². The van der Waals surface area contributed by atoms with Crippen LogP contribution in [0.1, 0.15) is 12.1 Å². The molecular weight excluding hydrogens is 360 g/mol. The molecule has 1 N–H and O–H groups in total. The van der Waals surface area contributed by atoms with Crippen LogP contribution in [0.3, 0.4) is 0 Å². The topological polar surface area (TPSA) is 85.4 Å². The molecule has 1 amide bonds. The maximum absolute atomic E-state index is 11.9. The van der Waals surface area contributed by atoms with Gasteiger partial charge in [0.1, 0.15) is 10.8 Å². The summed E-state index contributed by atoms with van der Waals surface area (Å²) in [6.45, 7) is 0. The lowest BCUT2D eigenvalue weighted by Gasteiger charge is -2.07. The van der Waals surface area contributed by atoms with Crippen molar-refractivity contribution < 1.29 is 17.9 Å². The smallest absolute Gasteiger partial charge is 0.244 e. The van der Waals surface area contributed by atoms with Crippen LogP contribution in [-0.4, -0.2) is 44.0 Å². The van der Waals surface area contributed by atoms with Crippen LogP contribution in [0.5, 0.6) is 5.75 Å². The molecule has 3 rings (SSSR count). The van der Waals surface area contributed by atoms with E-state index >= 15 is 0 Å². The fourth-order valence-corrected chi connectivity index (χ4v) is 5.02. The van der Waals surface area contributed by atoms with E-state index in [1.165, 1.54) is 17.4 Å². The maximum Gasteiger partial charge on any atom is 0.244 e. The molecule has 0 spiro atoms. The van der Waals surface area contributed by atoms with Gasteiger partial charge in [-0.15, -0.1) is 11.3 Å². The second-order valence-corrected chi connectivity index (χ2v) is 8.83. The zero-order chi connectivity index (χ0) is 17.9. The fourth-order valence-electron chi connectivity index (χ4n) is 2.55. The molecule has 1 aliphatic rings. The highest BCUT2D eigenvalue weighted by Crippen LogP contribution is 2.26. The molecule has 2 aromatic rings. The van der Waals surface area contributed by atoms with Crippen LogP contribution in [-0.2, 0) is 14.6 Å². The number of hydrogen-bond donors (Lipinski definition) is 1. The quantitative estimate of drug-likeness (QED) is 0.806. The van der Waals surface area contributed by atoms with Crippen molar-refractivity contribution in [1.29, 1.82) is 0 Å². The number of carbonyl (C=O) groups is 1. The lowest BCUT2D eigenvalue weighted by atomic mass is 10.2. The van der Waals surface area contributed by atoms with Gasteiger partial charge in [0.15, 0.2) is 9.84 Å². The Labute approximate surface area is 150 Å². The van der Waals surface area contributed by atoms with E-state index in [0.717, 1.165) is 16.3 Å². The van der Waals surface area contributed by atoms with Crippen molar-refractivity contribution in [1.82, 2.24) is 10.3 Å². The van der Waals surface area contributed by atoms with E-state index in [4.69, 9.17) is 4.74 Å². The molecule has 0 radical (unpaired) electrons. The monoisotopic (exact) mass is 378 g/mol. The highest BCUT2D eigenvalue weighted by atomic mass is 32.2. The predicted octanol–water partition coefficient (Wildman–Crippen LogP) is 2.14. The maximum atomic E-state index is 11.9. The molecule has 1 atom stereocenters. The summed E-state index contributed by atoms with van der Waals surface area (Å²) < 4.78 is 27.9. The Kier molecular flexibility index (Phi) is 5.19. The van der Waals surface area contributed by atoms with E-state index in [1.54, 1.807) is 13.2 Å². The number of methoxy groups -OCH3 is 1. The van der Waals surface area contributed by atoms with E-state index in [9.17, 15) is 13.2 Å². The van der Waals surface area contributed by atoms with Gasteiger partial charge in [-0.3, -0.25) is 4.79 Å². The average Bonchev–Trinajstić information content (AvgIpc) is 3.19. The van der Waals surface area contributed by atoms with Crippen LogP contribution in [0.4, 0.5) is 0 Å². The second kappa shape index (κ2) is 7.37. The number of nitrogens with zero attached hydrogens (tertiary/aromatic N) is 1. The number of rotatable bonds is 5. The number of thiazole rings is 1. The van der Waals surface area contributed by atoms with E-state index < -0.39 is 9.84 Å². The molecule has 8 heteroatoms. The highest BCUT2D eigenvalue weighted by Gasteiger charge is 2.28. The molecule has 0 aliphatic carbocycles. The number of hydrogen-bond acceptors (Lipinski definition) is 6. The summed E-state index contributed by atoms with van der Waals surface area (Å²) in [4.78, 5) is 16.4. The predicted molar refractivity (Wildman–Crippen MR) is 98.3 cm³/mol. The molecule has 2 heterocycles. The Hall–Kier alpha value is -2.19. The van der Waals surface area contributed by atoms with Crippen LogP contribution < -0.4 is 10.1 Å². The van der Waals surface area contributed by atoms with Gasteiger partial charge >= 0.3 is 0 Å². The van der Waals surface area contributed by atoms with Crippen molar-refractivity contribution in [2.45, 2.75) is 12.5 Å². The van der Waals surface area contributed by atoms with Crippen LogP contribution in [0.25, 0.3) is 16.6 Å². The first kappa shape index (κ1) is 17.6. The van der Waals surface area contributed by atoms with Crippen molar-refractivity contribution in [3.05, 3.63) is 41.4 Å². The second-order valence-electron chi connectivity index (χ2n) is 5.75. The normalized spacial score (nSPS) is 19.2. The Bertz CT molecular complexity index is 886. The zero-order valence-corrected chi connectivity index (χ0v) is 15.3. The van der Waals surface area contributed by atoms with Gasteiger partial charge in [0.2, 0.25) is 5.91 Å².